The van der Waals surface area contributed by atoms with Crippen molar-refractivity contribution >= 4 is 12.0 Å². The van der Waals surface area contributed by atoms with Crippen LogP contribution in [0.15, 0.2) is 54.8 Å². The summed E-state index contributed by atoms with van der Waals surface area (Å²) in [6, 6.07) is 9.21. The number of piperazine rings is 1. The lowest BCUT2D eigenvalue weighted by molar-refractivity contribution is -0.138. The van der Waals surface area contributed by atoms with E-state index >= 15 is 0 Å². The Balaban J connectivity index is 1.63. The molecule has 0 radical (unpaired) electrons. The van der Waals surface area contributed by atoms with E-state index in [9.17, 15) is 9.59 Å². The largest absolute Gasteiger partial charge is 0.445 e. The summed E-state index contributed by atoms with van der Waals surface area (Å²) in [6.45, 7) is 6.15. The number of hydrogen-bond donors (Lipinski definition) is 0. The average molecular weight is 340 g/mol. The molecule has 0 N–H and O–H groups in total. The fraction of sp³-hybridized carbons (Fsp3) is 0.400. The van der Waals surface area contributed by atoms with Gasteiger partial charge in [-0.1, -0.05) is 42.5 Å². The zero-order valence-corrected chi connectivity index (χ0v) is 14.6. The second-order valence-corrected chi connectivity index (χ2v) is 6.50. The van der Waals surface area contributed by atoms with E-state index in [1.165, 1.54) is 4.90 Å². The maximum atomic E-state index is 12.8. The van der Waals surface area contributed by atoms with Gasteiger partial charge in [-0.2, -0.15) is 0 Å². The Bertz CT molecular complexity index is 683. The van der Waals surface area contributed by atoms with Gasteiger partial charge >= 0.3 is 6.09 Å². The molecule has 0 saturated carbocycles. The summed E-state index contributed by atoms with van der Waals surface area (Å²) in [5.41, 5.74) is 1.84. The van der Waals surface area contributed by atoms with Gasteiger partial charge in [0.25, 0.3) is 0 Å². The molecule has 1 aromatic carbocycles. The molecule has 1 saturated heterocycles. The molecule has 0 aliphatic carbocycles. The molecule has 3 rings (SSSR count). The monoisotopic (exact) mass is 340 g/mol. The SMILES string of the molecule is C=CCCC1CC=C2CN(C(=O)OCc3ccccc3)C(C)C(=O)N21. The van der Waals surface area contributed by atoms with E-state index in [1.54, 1.807) is 6.92 Å². The predicted octanol–water partition coefficient (Wildman–Crippen LogP) is 3.48. The van der Waals surface area contributed by atoms with Crippen LogP contribution >= 0.6 is 0 Å². The van der Waals surface area contributed by atoms with Gasteiger partial charge in [-0.15, -0.1) is 6.58 Å². The molecule has 2 unspecified atom stereocenters. The number of carbonyl (C=O) groups is 2. The van der Waals surface area contributed by atoms with Crippen molar-refractivity contribution in [3.05, 3.63) is 60.3 Å². The van der Waals surface area contributed by atoms with Gasteiger partial charge in [0.15, 0.2) is 0 Å². The Kier molecular flexibility index (Phi) is 5.22. The Morgan fingerprint density at radius 2 is 2.12 bits per heavy atom. The Hall–Kier alpha value is -2.56. The number of benzene rings is 1. The number of amides is 2. The summed E-state index contributed by atoms with van der Waals surface area (Å²) >= 11 is 0. The first kappa shape index (κ1) is 17.3. The van der Waals surface area contributed by atoms with Crippen LogP contribution in [0.25, 0.3) is 0 Å². The van der Waals surface area contributed by atoms with Crippen molar-refractivity contribution in [3.8, 4) is 0 Å². The number of ether oxygens (including phenoxy) is 1. The van der Waals surface area contributed by atoms with Gasteiger partial charge in [0.05, 0.1) is 6.54 Å². The van der Waals surface area contributed by atoms with Gasteiger partial charge in [-0.05, 0) is 31.7 Å². The van der Waals surface area contributed by atoms with Crippen LogP contribution in [0.1, 0.15) is 31.7 Å². The topological polar surface area (TPSA) is 49.9 Å². The lowest BCUT2D eigenvalue weighted by Crippen LogP contribution is -2.57. The first-order valence-corrected chi connectivity index (χ1v) is 8.72. The van der Waals surface area contributed by atoms with Gasteiger partial charge in [0, 0.05) is 11.7 Å². The van der Waals surface area contributed by atoms with Crippen LogP contribution in [0.4, 0.5) is 4.79 Å². The van der Waals surface area contributed by atoms with Crippen LogP contribution in [-0.4, -0.2) is 40.4 Å². The summed E-state index contributed by atoms with van der Waals surface area (Å²) in [6.07, 6.45) is 6.12. The molecule has 2 aliphatic rings. The third-order valence-corrected chi connectivity index (χ3v) is 4.84. The van der Waals surface area contributed by atoms with Crippen LogP contribution in [0.2, 0.25) is 0 Å². The Morgan fingerprint density at radius 3 is 2.84 bits per heavy atom. The average Bonchev–Trinajstić information content (AvgIpc) is 3.04. The van der Waals surface area contributed by atoms with Crippen molar-refractivity contribution in [3.63, 3.8) is 0 Å². The summed E-state index contributed by atoms with van der Waals surface area (Å²) < 4.78 is 5.40. The van der Waals surface area contributed by atoms with E-state index < -0.39 is 12.1 Å². The molecule has 1 fully saturated rings. The number of nitrogens with zero attached hydrogens (tertiary/aromatic N) is 2. The molecule has 0 spiro atoms. The standard InChI is InChI=1S/C20H24N2O3/c1-3-4-10-17-11-12-18-13-21(15(2)19(23)22(17)18)20(24)25-14-16-8-6-5-7-9-16/h3,5-9,12,15,17H,1,4,10-11,13-14H2,2H3. The van der Waals surface area contributed by atoms with E-state index in [0.29, 0.717) is 6.54 Å². The third-order valence-electron chi connectivity index (χ3n) is 4.84. The highest BCUT2D eigenvalue weighted by Crippen LogP contribution is 2.31. The van der Waals surface area contributed by atoms with E-state index in [-0.39, 0.29) is 18.6 Å². The molecule has 5 nitrogen and oxygen atoms in total. The van der Waals surface area contributed by atoms with Crippen molar-refractivity contribution in [1.29, 1.82) is 0 Å². The molecule has 2 atom stereocenters. The van der Waals surface area contributed by atoms with Gasteiger partial charge in [0.2, 0.25) is 5.91 Å². The third kappa shape index (κ3) is 3.60. The normalized spacial score (nSPS) is 22.4. The highest BCUT2D eigenvalue weighted by atomic mass is 16.6. The molecule has 0 bridgehead atoms. The fourth-order valence-corrected chi connectivity index (χ4v) is 3.40. The molecule has 2 aliphatic heterocycles. The van der Waals surface area contributed by atoms with Crippen LogP contribution in [0.3, 0.4) is 0 Å². The van der Waals surface area contributed by atoms with Gasteiger partial charge in [-0.25, -0.2) is 4.79 Å². The van der Waals surface area contributed by atoms with E-state index in [0.717, 1.165) is 30.5 Å². The van der Waals surface area contributed by atoms with Crippen LogP contribution in [0, 0.1) is 0 Å². The molecule has 132 valence electrons. The first-order chi connectivity index (χ1) is 12.1. The van der Waals surface area contributed by atoms with E-state index in [4.69, 9.17) is 4.74 Å². The molecule has 0 aromatic heterocycles. The van der Waals surface area contributed by atoms with Crippen LogP contribution in [0.5, 0.6) is 0 Å². The minimum Gasteiger partial charge on any atom is -0.445 e. The van der Waals surface area contributed by atoms with Gasteiger partial charge in [0.1, 0.15) is 12.6 Å². The molecule has 2 amide bonds. The minimum absolute atomic E-state index is 0.0271. The summed E-state index contributed by atoms with van der Waals surface area (Å²) in [7, 11) is 0. The highest BCUT2D eigenvalue weighted by Gasteiger charge is 2.42. The van der Waals surface area contributed by atoms with Crippen LogP contribution in [-0.2, 0) is 16.1 Å². The lowest BCUT2D eigenvalue weighted by atomic mass is 10.1. The van der Waals surface area contributed by atoms with Crippen molar-refractivity contribution in [1.82, 2.24) is 9.80 Å². The molecular formula is C20H24N2O3. The van der Waals surface area contributed by atoms with Crippen molar-refractivity contribution < 1.29 is 14.3 Å². The molecule has 2 heterocycles. The minimum atomic E-state index is -0.509. The Morgan fingerprint density at radius 1 is 1.36 bits per heavy atom. The number of fused-ring (bicyclic) bond motifs is 1. The summed E-state index contributed by atoms with van der Waals surface area (Å²) in [5, 5.41) is 0. The second-order valence-electron chi connectivity index (χ2n) is 6.50. The molecule has 5 heteroatoms. The van der Waals surface area contributed by atoms with Crippen molar-refractivity contribution in [2.45, 2.75) is 44.9 Å². The molecular weight excluding hydrogens is 316 g/mol. The van der Waals surface area contributed by atoms with Crippen LogP contribution < -0.4 is 0 Å². The highest BCUT2D eigenvalue weighted by molar-refractivity contribution is 5.89. The molecule has 1 aromatic rings. The first-order valence-electron chi connectivity index (χ1n) is 8.72. The van der Waals surface area contributed by atoms with E-state index in [2.05, 4.69) is 12.7 Å². The smallest absolute Gasteiger partial charge is 0.411 e. The zero-order chi connectivity index (χ0) is 17.8. The number of allylic oxidation sites excluding steroid dienone is 1. The number of carbonyl (C=O) groups excluding carboxylic acids is 2. The van der Waals surface area contributed by atoms with Crippen molar-refractivity contribution in [2.75, 3.05) is 6.54 Å². The maximum Gasteiger partial charge on any atom is 0.411 e. The van der Waals surface area contributed by atoms with Crippen molar-refractivity contribution in [2.24, 2.45) is 0 Å². The summed E-state index contributed by atoms with van der Waals surface area (Å²) in [4.78, 5) is 28.6. The number of hydrogen-bond acceptors (Lipinski definition) is 3. The zero-order valence-electron chi connectivity index (χ0n) is 14.6. The number of rotatable bonds is 5. The predicted molar refractivity (Wildman–Crippen MR) is 95.6 cm³/mol. The van der Waals surface area contributed by atoms with Gasteiger partial charge in [-0.3, -0.25) is 9.69 Å². The fourth-order valence-electron chi connectivity index (χ4n) is 3.40. The summed E-state index contributed by atoms with van der Waals surface area (Å²) in [5.74, 6) is -0.0271. The van der Waals surface area contributed by atoms with Gasteiger partial charge < -0.3 is 9.64 Å². The Labute approximate surface area is 148 Å². The van der Waals surface area contributed by atoms with E-state index in [1.807, 2.05) is 41.3 Å². The lowest BCUT2D eigenvalue weighted by Gasteiger charge is -2.40. The maximum absolute atomic E-state index is 12.8. The quantitative estimate of drug-likeness (QED) is 0.771. The second kappa shape index (κ2) is 7.55. The molecule has 25 heavy (non-hydrogen) atoms.